The number of nitrogens with one attached hydrogen (secondary N) is 1. The van der Waals surface area contributed by atoms with E-state index in [-0.39, 0.29) is 12.5 Å². The van der Waals surface area contributed by atoms with E-state index in [1.54, 1.807) is 52.1 Å². The Kier molecular flexibility index (Phi) is 10.4. The van der Waals surface area contributed by atoms with Crippen LogP contribution in [0.4, 0.5) is 4.79 Å². The first kappa shape index (κ1) is 24.7. The zero-order chi connectivity index (χ0) is 21.9. The molecule has 1 N–H and O–H groups in total. The summed E-state index contributed by atoms with van der Waals surface area (Å²) in [4.78, 5) is 36.1. The number of benzene rings is 1. The summed E-state index contributed by atoms with van der Waals surface area (Å²) in [6.07, 6.45) is 7.56. The van der Waals surface area contributed by atoms with Crippen LogP contribution >= 0.6 is 0 Å². The molecule has 1 aliphatic carbocycles. The maximum atomic E-state index is 12.3. The number of likely N-dealkylation sites (N-methyl/N-ethyl adjacent to an activating group) is 1. The van der Waals surface area contributed by atoms with Crippen molar-refractivity contribution in [2.75, 3.05) is 20.1 Å². The molecule has 1 aromatic carbocycles. The van der Waals surface area contributed by atoms with E-state index in [4.69, 9.17) is 4.74 Å². The molecule has 2 rings (SSSR count). The lowest BCUT2D eigenvalue weighted by Gasteiger charge is -2.21. The number of carbonyl (C=O) groups excluding carboxylic acids is 3. The van der Waals surface area contributed by atoms with Gasteiger partial charge in [-0.05, 0) is 32.8 Å². The second-order valence-corrected chi connectivity index (χ2v) is 8.60. The predicted molar refractivity (Wildman–Crippen MR) is 115 cm³/mol. The normalized spacial score (nSPS) is 14.2. The molecule has 0 aliphatic heterocycles. The minimum Gasteiger partial charge on any atom is -0.444 e. The Morgan fingerprint density at radius 2 is 1.79 bits per heavy atom. The van der Waals surface area contributed by atoms with Gasteiger partial charge < -0.3 is 15.0 Å². The molecule has 1 fully saturated rings. The van der Waals surface area contributed by atoms with Gasteiger partial charge in [0.15, 0.2) is 6.29 Å². The van der Waals surface area contributed by atoms with Crippen LogP contribution < -0.4 is 5.32 Å². The van der Waals surface area contributed by atoms with Gasteiger partial charge in [0.2, 0.25) is 0 Å². The summed E-state index contributed by atoms with van der Waals surface area (Å²) in [6, 6.07) is 6.59. The van der Waals surface area contributed by atoms with Gasteiger partial charge in [0.1, 0.15) is 5.60 Å². The molecule has 6 heteroatoms. The molecule has 0 saturated heterocycles. The lowest BCUT2D eigenvalue weighted by molar-refractivity contribution is 0.0517. The Hall–Kier alpha value is -2.37. The third-order valence-electron chi connectivity index (χ3n) is 4.67. The summed E-state index contributed by atoms with van der Waals surface area (Å²) in [7, 11) is 1.61. The summed E-state index contributed by atoms with van der Waals surface area (Å²) in [6.45, 7) is 8.26. The summed E-state index contributed by atoms with van der Waals surface area (Å²) < 4.78 is 5.10. The van der Waals surface area contributed by atoms with Crippen molar-refractivity contribution in [2.24, 2.45) is 5.92 Å². The highest BCUT2D eigenvalue weighted by atomic mass is 16.6. The highest BCUT2D eigenvalue weighted by molar-refractivity contribution is 6.01. The second kappa shape index (κ2) is 12.2. The fraction of sp³-hybridized carbons (Fsp3) is 0.609. The summed E-state index contributed by atoms with van der Waals surface area (Å²) in [5, 5.41) is 2.58. The first-order chi connectivity index (χ1) is 13.6. The molecule has 1 saturated carbocycles. The molecule has 6 nitrogen and oxygen atoms in total. The van der Waals surface area contributed by atoms with Crippen molar-refractivity contribution < 1.29 is 19.1 Å². The van der Waals surface area contributed by atoms with Gasteiger partial charge in [-0.3, -0.25) is 9.59 Å². The minimum atomic E-state index is -0.561. The van der Waals surface area contributed by atoms with E-state index in [2.05, 4.69) is 12.2 Å². The Balaban J connectivity index is 0.000000502. The van der Waals surface area contributed by atoms with E-state index in [0.717, 1.165) is 5.92 Å². The summed E-state index contributed by atoms with van der Waals surface area (Å²) >= 11 is 0. The van der Waals surface area contributed by atoms with E-state index < -0.39 is 11.7 Å². The van der Waals surface area contributed by atoms with Crippen LogP contribution in [0.25, 0.3) is 0 Å². The van der Waals surface area contributed by atoms with Crippen LogP contribution in [0.1, 0.15) is 80.5 Å². The van der Waals surface area contributed by atoms with Crippen LogP contribution in [0.3, 0.4) is 0 Å². The number of hydrogen-bond donors (Lipinski definition) is 1. The molecule has 0 bridgehead atoms. The van der Waals surface area contributed by atoms with Gasteiger partial charge in [0.05, 0.1) is 5.56 Å². The number of amides is 2. The highest BCUT2D eigenvalue weighted by Gasteiger charge is 2.17. The van der Waals surface area contributed by atoms with Crippen LogP contribution in [0.15, 0.2) is 24.3 Å². The third-order valence-corrected chi connectivity index (χ3v) is 4.67. The summed E-state index contributed by atoms with van der Waals surface area (Å²) in [5.74, 6) is 0.766. The third kappa shape index (κ3) is 10.1. The number of nitrogens with zero attached hydrogens (tertiary/aromatic N) is 1. The largest absolute Gasteiger partial charge is 0.444 e. The van der Waals surface area contributed by atoms with E-state index in [1.165, 1.54) is 37.0 Å². The van der Waals surface area contributed by atoms with Crippen molar-refractivity contribution in [2.45, 2.75) is 65.4 Å². The van der Waals surface area contributed by atoms with Crippen molar-refractivity contribution in [3.8, 4) is 0 Å². The first-order valence-electron chi connectivity index (χ1n) is 10.4. The molecule has 0 aromatic heterocycles. The number of hydrogen-bond acceptors (Lipinski definition) is 4. The quantitative estimate of drug-likeness (QED) is 0.723. The van der Waals surface area contributed by atoms with Gasteiger partial charge in [0, 0.05) is 25.7 Å². The van der Waals surface area contributed by atoms with Crippen molar-refractivity contribution >= 4 is 18.3 Å². The average Bonchev–Trinajstić information content (AvgIpc) is 2.67. The molecule has 162 valence electrons. The molecule has 0 heterocycles. The topological polar surface area (TPSA) is 75.7 Å². The minimum absolute atomic E-state index is 0.264. The van der Waals surface area contributed by atoms with Gasteiger partial charge in [0.25, 0.3) is 5.91 Å². The molecular weight excluding hydrogens is 368 g/mol. The van der Waals surface area contributed by atoms with Gasteiger partial charge in [-0.15, -0.1) is 0 Å². The molecule has 2 amide bonds. The van der Waals surface area contributed by atoms with E-state index >= 15 is 0 Å². The van der Waals surface area contributed by atoms with E-state index in [1.807, 2.05) is 0 Å². The molecular formula is C23H36N2O4. The van der Waals surface area contributed by atoms with Crippen molar-refractivity contribution in [3.05, 3.63) is 35.4 Å². The SMILES string of the molecule is CC1CCCCC1.CN(CCNC(=O)OC(C)(C)C)C(=O)c1ccccc1C=O. The highest BCUT2D eigenvalue weighted by Crippen LogP contribution is 2.22. The monoisotopic (exact) mass is 404 g/mol. The lowest BCUT2D eigenvalue weighted by atomic mass is 9.91. The second-order valence-electron chi connectivity index (χ2n) is 8.60. The maximum Gasteiger partial charge on any atom is 0.407 e. The molecule has 0 atom stereocenters. The Bertz CT molecular complexity index is 661. The smallest absolute Gasteiger partial charge is 0.407 e. The van der Waals surface area contributed by atoms with Crippen molar-refractivity contribution in [1.29, 1.82) is 0 Å². The lowest BCUT2D eigenvalue weighted by Crippen LogP contribution is -2.38. The van der Waals surface area contributed by atoms with Gasteiger partial charge in [-0.25, -0.2) is 4.79 Å². The number of aldehydes is 1. The molecule has 1 aromatic rings. The molecule has 0 unspecified atom stereocenters. The van der Waals surface area contributed by atoms with Crippen LogP contribution in [0.5, 0.6) is 0 Å². The number of ether oxygens (including phenoxy) is 1. The van der Waals surface area contributed by atoms with E-state index in [9.17, 15) is 14.4 Å². The van der Waals surface area contributed by atoms with Crippen LogP contribution in [-0.2, 0) is 4.74 Å². The van der Waals surface area contributed by atoms with Crippen LogP contribution in [0, 0.1) is 5.92 Å². The Labute approximate surface area is 175 Å². The van der Waals surface area contributed by atoms with Gasteiger partial charge in [-0.1, -0.05) is 57.2 Å². The van der Waals surface area contributed by atoms with Crippen LogP contribution in [0.2, 0.25) is 0 Å². The van der Waals surface area contributed by atoms with E-state index in [0.29, 0.717) is 24.0 Å². The fourth-order valence-corrected chi connectivity index (χ4v) is 3.05. The van der Waals surface area contributed by atoms with Crippen molar-refractivity contribution in [1.82, 2.24) is 10.2 Å². The number of rotatable bonds is 5. The molecule has 0 radical (unpaired) electrons. The maximum absolute atomic E-state index is 12.3. The summed E-state index contributed by atoms with van der Waals surface area (Å²) in [5.41, 5.74) is 0.131. The Morgan fingerprint density at radius 3 is 2.31 bits per heavy atom. The molecule has 1 aliphatic rings. The molecule has 29 heavy (non-hydrogen) atoms. The average molecular weight is 405 g/mol. The van der Waals surface area contributed by atoms with Crippen molar-refractivity contribution in [3.63, 3.8) is 0 Å². The first-order valence-corrected chi connectivity index (χ1v) is 10.4. The Morgan fingerprint density at radius 1 is 1.17 bits per heavy atom. The predicted octanol–water partition coefficient (Wildman–Crippen LogP) is 4.68. The number of carbonyl (C=O) groups is 3. The van der Waals surface area contributed by atoms with Crippen LogP contribution in [-0.4, -0.2) is 48.9 Å². The zero-order valence-electron chi connectivity index (χ0n) is 18.5. The van der Waals surface area contributed by atoms with Gasteiger partial charge >= 0.3 is 6.09 Å². The molecule has 0 spiro atoms. The fourth-order valence-electron chi connectivity index (χ4n) is 3.05. The zero-order valence-corrected chi connectivity index (χ0v) is 18.5. The number of alkyl carbamates (subject to hydrolysis) is 1. The standard InChI is InChI=1S/C16H22N2O4.C7H14/c1-16(2,3)22-15(21)17-9-10-18(4)14(20)13-8-6-5-7-12(13)11-19;1-7-5-3-2-4-6-7/h5-8,11H,9-10H2,1-4H3,(H,17,21);7H,2-6H2,1H3. The van der Waals surface area contributed by atoms with Gasteiger partial charge in [-0.2, -0.15) is 0 Å².